The minimum absolute atomic E-state index is 0.0708. The van der Waals surface area contributed by atoms with E-state index < -0.39 is 0 Å². The van der Waals surface area contributed by atoms with Crippen molar-refractivity contribution < 1.29 is 14.3 Å². The number of methoxy groups -OCH3 is 1. The first-order valence-corrected chi connectivity index (χ1v) is 11.0. The smallest absolute Gasteiger partial charge is 0.226 e. The molecule has 1 aromatic rings. The van der Waals surface area contributed by atoms with Crippen LogP contribution in [0.5, 0.6) is 5.75 Å². The van der Waals surface area contributed by atoms with Crippen molar-refractivity contribution in [1.82, 2.24) is 15.1 Å². The topological polar surface area (TPSA) is 61.9 Å². The molecule has 158 valence electrons. The van der Waals surface area contributed by atoms with E-state index in [2.05, 4.69) is 29.4 Å². The number of piperazine rings is 1. The van der Waals surface area contributed by atoms with Gasteiger partial charge in [0, 0.05) is 44.1 Å². The van der Waals surface area contributed by atoms with Gasteiger partial charge in [-0.15, -0.1) is 0 Å². The molecule has 2 aliphatic carbocycles. The molecule has 3 atom stereocenters. The summed E-state index contributed by atoms with van der Waals surface area (Å²) < 4.78 is 5.29. The van der Waals surface area contributed by atoms with E-state index in [1.165, 1.54) is 5.56 Å². The summed E-state index contributed by atoms with van der Waals surface area (Å²) in [6.07, 6.45) is 4.73. The second kappa shape index (κ2) is 8.74. The Bertz CT molecular complexity index is 723. The molecule has 3 aliphatic rings. The molecule has 6 nitrogen and oxygen atoms in total. The van der Waals surface area contributed by atoms with Crippen LogP contribution in [0.15, 0.2) is 24.3 Å². The third kappa shape index (κ3) is 4.42. The van der Waals surface area contributed by atoms with Gasteiger partial charge < -0.3 is 19.9 Å². The zero-order chi connectivity index (χ0) is 20.4. The summed E-state index contributed by atoms with van der Waals surface area (Å²) in [7, 11) is 3.76. The largest absolute Gasteiger partial charge is 0.497 e. The monoisotopic (exact) mass is 399 g/mol. The van der Waals surface area contributed by atoms with Crippen LogP contribution < -0.4 is 10.1 Å². The molecule has 1 N–H and O–H groups in total. The summed E-state index contributed by atoms with van der Waals surface area (Å²) in [5.41, 5.74) is 1.17. The lowest BCUT2D eigenvalue weighted by Crippen LogP contribution is -2.49. The number of hydrogen-bond donors (Lipinski definition) is 1. The summed E-state index contributed by atoms with van der Waals surface area (Å²) in [5.74, 6) is 1.50. The van der Waals surface area contributed by atoms with E-state index in [0.717, 1.165) is 64.0 Å². The number of likely N-dealkylation sites (N-methyl/N-ethyl adjacent to an activating group) is 1. The Morgan fingerprint density at radius 3 is 2.31 bits per heavy atom. The van der Waals surface area contributed by atoms with Crippen LogP contribution in [0.4, 0.5) is 0 Å². The number of amides is 2. The lowest BCUT2D eigenvalue weighted by atomic mass is 9.84. The van der Waals surface area contributed by atoms with Gasteiger partial charge in [-0.05, 0) is 56.3 Å². The van der Waals surface area contributed by atoms with E-state index in [4.69, 9.17) is 4.74 Å². The minimum Gasteiger partial charge on any atom is -0.497 e. The number of rotatable bonds is 5. The van der Waals surface area contributed by atoms with Crippen LogP contribution in [-0.2, 0) is 9.59 Å². The van der Waals surface area contributed by atoms with Crippen molar-refractivity contribution in [2.45, 2.75) is 44.1 Å². The first-order chi connectivity index (χ1) is 14.0. The van der Waals surface area contributed by atoms with E-state index in [1.807, 2.05) is 17.0 Å². The highest BCUT2D eigenvalue weighted by Gasteiger charge is 2.42. The van der Waals surface area contributed by atoms with Crippen LogP contribution in [0, 0.1) is 11.8 Å². The Hall–Kier alpha value is -2.08. The zero-order valence-corrected chi connectivity index (χ0v) is 17.6. The van der Waals surface area contributed by atoms with Gasteiger partial charge in [0.25, 0.3) is 0 Å². The highest BCUT2D eigenvalue weighted by Crippen LogP contribution is 2.42. The fraction of sp³-hybridized carbons (Fsp3) is 0.652. The first kappa shape index (κ1) is 20.2. The average Bonchev–Trinajstić information content (AvgIpc) is 3.10. The molecule has 0 radical (unpaired) electrons. The van der Waals surface area contributed by atoms with E-state index in [-0.39, 0.29) is 35.6 Å². The van der Waals surface area contributed by atoms with Gasteiger partial charge in [0.15, 0.2) is 0 Å². The maximum atomic E-state index is 13.4. The summed E-state index contributed by atoms with van der Waals surface area (Å²) in [4.78, 5) is 30.2. The van der Waals surface area contributed by atoms with Gasteiger partial charge in [-0.1, -0.05) is 18.6 Å². The lowest BCUT2D eigenvalue weighted by molar-refractivity contribution is -0.137. The molecule has 3 fully saturated rings. The Morgan fingerprint density at radius 1 is 1.03 bits per heavy atom. The van der Waals surface area contributed by atoms with E-state index in [1.54, 1.807) is 7.11 Å². The molecule has 4 rings (SSSR count). The fourth-order valence-corrected chi connectivity index (χ4v) is 4.90. The van der Waals surface area contributed by atoms with Crippen molar-refractivity contribution in [1.29, 1.82) is 0 Å². The Balaban J connectivity index is 1.49. The normalized spacial score (nSPS) is 28.1. The standard InChI is InChI=1S/C23H33N3O3/c1-25-10-12-26(13-11-25)23(28)21-15-18(24-22(27)17-4-3-5-17)14-20(21)16-6-8-19(29-2)9-7-16/h6-9,17-18,20-21H,3-5,10-15H2,1-2H3,(H,24,27)/t18-,20+,21-/m0/s1. The fourth-order valence-electron chi connectivity index (χ4n) is 4.90. The average molecular weight is 400 g/mol. The number of ether oxygens (including phenoxy) is 1. The summed E-state index contributed by atoms with van der Waals surface area (Å²) in [6.45, 7) is 3.43. The van der Waals surface area contributed by atoms with Crippen molar-refractivity contribution in [2.24, 2.45) is 11.8 Å². The molecule has 1 aliphatic heterocycles. The third-order valence-corrected chi connectivity index (χ3v) is 7.06. The molecule has 29 heavy (non-hydrogen) atoms. The number of carbonyl (C=O) groups excluding carboxylic acids is 2. The Morgan fingerprint density at radius 2 is 1.72 bits per heavy atom. The van der Waals surface area contributed by atoms with E-state index in [9.17, 15) is 9.59 Å². The lowest BCUT2D eigenvalue weighted by Gasteiger charge is -2.35. The highest BCUT2D eigenvalue weighted by molar-refractivity contribution is 5.82. The molecule has 0 aromatic heterocycles. The van der Waals surface area contributed by atoms with Crippen LogP contribution in [0.2, 0.25) is 0 Å². The first-order valence-electron chi connectivity index (χ1n) is 11.0. The molecule has 0 unspecified atom stereocenters. The Labute approximate surface area is 173 Å². The van der Waals surface area contributed by atoms with Gasteiger partial charge in [0.2, 0.25) is 11.8 Å². The minimum atomic E-state index is -0.0708. The predicted molar refractivity (Wildman–Crippen MR) is 112 cm³/mol. The van der Waals surface area contributed by atoms with Crippen LogP contribution in [0.1, 0.15) is 43.6 Å². The van der Waals surface area contributed by atoms with Crippen LogP contribution >= 0.6 is 0 Å². The summed E-state index contributed by atoms with van der Waals surface area (Å²) in [5, 5.41) is 3.26. The number of nitrogens with one attached hydrogen (secondary N) is 1. The van der Waals surface area contributed by atoms with Crippen molar-refractivity contribution >= 4 is 11.8 Å². The third-order valence-electron chi connectivity index (χ3n) is 7.06. The molecule has 1 saturated heterocycles. The Kier molecular flexibility index (Phi) is 6.09. The van der Waals surface area contributed by atoms with Gasteiger partial charge in [0.1, 0.15) is 5.75 Å². The summed E-state index contributed by atoms with van der Waals surface area (Å²) >= 11 is 0. The molecule has 0 spiro atoms. The zero-order valence-electron chi connectivity index (χ0n) is 17.6. The maximum absolute atomic E-state index is 13.4. The van der Waals surface area contributed by atoms with Crippen LogP contribution in [0.3, 0.4) is 0 Å². The molecule has 2 saturated carbocycles. The molecule has 2 amide bonds. The molecular weight excluding hydrogens is 366 g/mol. The van der Waals surface area contributed by atoms with Gasteiger partial charge in [-0.3, -0.25) is 9.59 Å². The van der Waals surface area contributed by atoms with Gasteiger partial charge in [0.05, 0.1) is 7.11 Å². The molecule has 0 bridgehead atoms. The highest BCUT2D eigenvalue weighted by atomic mass is 16.5. The molecule has 6 heteroatoms. The number of benzene rings is 1. The van der Waals surface area contributed by atoms with Crippen LogP contribution in [0.25, 0.3) is 0 Å². The molecule has 1 aromatic carbocycles. The van der Waals surface area contributed by atoms with E-state index >= 15 is 0 Å². The van der Waals surface area contributed by atoms with Gasteiger partial charge >= 0.3 is 0 Å². The van der Waals surface area contributed by atoms with Gasteiger partial charge in [-0.2, -0.15) is 0 Å². The molecular formula is C23H33N3O3. The summed E-state index contributed by atoms with van der Waals surface area (Å²) in [6, 6.07) is 8.16. The van der Waals surface area contributed by atoms with Crippen molar-refractivity contribution in [3.8, 4) is 5.75 Å². The molecule has 1 heterocycles. The second-order valence-electron chi connectivity index (χ2n) is 8.92. The maximum Gasteiger partial charge on any atom is 0.226 e. The SMILES string of the molecule is COc1ccc([C@H]2C[C@H](NC(=O)C3CCC3)C[C@@H]2C(=O)N2CCN(C)CC2)cc1. The van der Waals surface area contributed by atoms with E-state index in [0.29, 0.717) is 0 Å². The predicted octanol–water partition coefficient (Wildman–Crippen LogP) is 2.25. The van der Waals surface area contributed by atoms with Gasteiger partial charge in [-0.25, -0.2) is 0 Å². The number of nitrogens with zero attached hydrogens (tertiary/aromatic N) is 2. The second-order valence-corrected chi connectivity index (χ2v) is 8.92. The van der Waals surface area contributed by atoms with Crippen LogP contribution in [-0.4, -0.2) is 68.0 Å². The quantitative estimate of drug-likeness (QED) is 0.825. The number of carbonyl (C=O) groups is 2. The van der Waals surface area contributed by atoms with Crippen molar-refractivity contribution in [2.75, 3.05) is 40.3 Å². The number of hydrogen-bond acceptors (Lipinski definition) is 4. The van der Waals surface area contributed by atoms with Crippen molar-refractivity contribution in [3.63, 3.8) is 0 Å². The van der Waals surface area contributed by atoms with Crippen molar-refractivity contribution in [3.05, 3.63) is 29.8 Å².